The van der Waals surface area contributed by atoms with E-state index in [1.807, 2.05) is 72.8 Å². The first-order valence-corrected chi connectivity index (χ1v) is 12.4. The number of thiocarbonyl (C=S) groups is 1. The Hall–Kier alpha value is -4.69. The molecule has 0 bridgehead atoms. The molecule has 0 aliphatic heterocycles. The second kappa shape index (κ2) is 13.6. The Morgan fingerprint density at radius 2 is 1.24 bits per heavy atom. The second-order valence-corrected chi connectivity index (χ2v) is 8.65. The number of ether oxygens (including phenoxy) is 2. The fourth-order valence-electron chi connectivity index (χ4n) is 3.53. The minimum Gasteiger partial charge on any atom is -0.493 e. The van der Waals surface area contributed by atoms with Gasteiger partial charge < -0.3 is 9.47 Å². The van der Waals surface area contributed by atoms with Gasteiger partial charge in [-0.2, -0.15) is 0 Å². The van der Waals surface area contributed by atoms with Crippen molar-refractivity contribution in [1.29, 1.82) is 0 Å². The third-order valence-electron chi connectivity index (χ3n) is 5.49. The van der Waals surface area contributed by atoms with Crippen molar-refractivity contribution in [1.82, 2.24) is 16.2 Å². The average Bonchev–Trinajstić information content (AvgIpc) is 2.96. The van der Waals surface area contributed by atoms with Crippen LogP contribution in [0.15, 0.2) is 109 Å². The molecule has 7 nitrogen and oxygen atoms in total. The summed E-state index contributed by atoms with van der Waals surface area (Å²) >= 11 is 5.09. The number of carbonyl (C=O) groups is 2. The molecule has 0 radical (unpaired) electrons. The molecule has 0 aromatic heterocycles. The minimum absolute atomic E-state index is 0.0428. The molecule has 192 valence electrons. The maximum absolute atomic E-state index is 12.4. The molecule has 0 aliphatic carbocycles. The standard InChI is InChI=1S/C30H27N3O4S/c34-28(21-37-27-15-11-24(12-16-27)23-9-5-2-6-10-23)32-33-30(38)31-29(35)25-13-17-26(18-14-25)36-20-19-22-7-3-1-4-8-22/h1-18H,19-21H2,(H,32,34)(H2,31,33,35,38). The summed E-state index contributed by atoms with van der Waals surface area (Å²) in [7, 11) is 0. The van der Waals surface area contributed by atoms with Crippen LogP contribution in [-0.2, 0) is 11.2 Å². The zero-order chi connectivity index (χ0) is 26.6. The lowest BCUT2D eigenvalue weighted by molar-refractivity contribution is -0.123. The van der Waals surface area contributed by atoms with Gasteiger partial charge in [-0.1, -0.05) is 72.8 Å². The maximum atomic E-state index is 12.4. The zero-order valence-electron chi connectivity index (χ0n) is 20.6. The highest BCUT2D eigenvalue weighted by molar-refractivity contribution is 7.80. The molecule has 0 saturated carbocycles. The summed E-state index contributed by atoms with van der Waals surface area (Å²) in [6.07, 6.45) is 0.792. The topological polar surface area (TPSA) is 88.7 Å². The van der Waals surface area contributed by atoms with Crippen molar-refractivity contribution in [2.75, 3.05) is 13.2 Å². The summed E-state index contributed by atoms with van der Waals surface area (Å²) in [5.74, 6) is 0.358. The van der Waals surface area contributed by atoms with Crippen LogP contribution in [0.5, 0.6) is 11.5 Å². The van der Waals surface area contributed by atoms with E-state index < -0.39 is 11.8 Å². The quantitative estimate of drug-likeness (QED) is 0.217. The van der Waals surface area contributed by atoms with Crippen LogP contribution >= 0.6 is 12.2 Å². The van der Waals surface area contributed by atoms with E-state index in [4.69, 9.17) is 21.7 Å². The summed E-state index contributed by atoms with van der Waals surface area (Å²) in [5.41, 5.74) is 8.65. The molecular formula is C30H27N3O4S. The average molecular weight is 526 g/mol. The lowest BCUT2D eigenvalue weighted by Gasteiger charge is -2.12. The van der Waals surface area contributed by atoms with Gasteiger partial charge in [0.15, 0.2) is 11.7 Å². The molecule has 0 unspecified atom stereocenters. The highest BCUT2D eigenvalue weighted by atomic mass is 32.1. The molecule has 0 spiro atoms. The molecule has 3 N–H and O–H groups in total. The van der Waals surface area contributed by atoms with Crippen molar-refractivity contribution >= 4 is 29.1 Å². The van der Waals surface area contributed by atoms with E-state index in [1.54, 1.807) is 36.4 Å². The van der Waals surface area contributed by atoms with Crippen LogP contribution in [0.3, 0.4) is 0 Å². The van der Waals surface area contributed by atoms with Crippen LogP contribution in [0.1, 0.15) is 15.9 Å². The highest BCUT2D eigenvalue weighted by Crippen LogP contribution is 2.22. The third-order valence-corrected chi connectivity index (χ3v) is 5.70. The van der Waals surface area contributed by atoms with Crippen LogP contribution in [0.4, 0.5) is 0 Å². The van der Waals surface area contributed by atoms with Gasteiger partial charge in [0.05, 0.1) is 6.61 Å². The van der Waals surface area contributed by atoms with Crippen molar-refractivity contribution in [2.45, 2.75) is 6.42 Å². The molecule has 4 aromatic carbocycles. The SMILES string of the molecule is O=C(COc1ccc(-c2ccccc2)cc1)NNC(=S)NC(=O)c1ccc(OCCc2ccccc2)cc1. The molecule has 8 heteroatoms. The van der Waals surface area contributed by atoms with Crippen LogP contribution < -0.4 is 25.6 Å². The van der Waals surface area contributed by atoms with Gasteiger partial charge in [0, 0.05) is 12.0 Å². The zero-order valence-corrected chi connectivity index (χ0v) is 21.4. The molecule has 0 fully saturated rings. The summed E-state index contributed by atoms with van der Waals surface area (Å²) in [4.78, 5) is 24.5. The van der Waals surface area contributed by atoms with E-state index in [0.29, 0.717) is 23.7 Å². The molecule has 4 rings (SSSR count). The second-order valence-electron chi connectivity index (χ2n) is 8.24. The van der Waals surface area contributed by atoms with Gasteiger partial charge in [0.1, 0.15) is 11.5 Å². The van der Waals surface area contributed by atoms with E-state index in [1.165, 1.54) is 5.56 Å². The van der Waals surface area contributed by atoms with Gasteiger partial charge in [-0.15, -0.1) is 0 Å². The fraction of sp³-hybridized carbons (Fsp3) is 0.100. The monoisotopic (exact) mass is 525 g/mol. The van der Waals surface area contributed by atoms with Gasteiger partial charge in [-0.05, 0) is 65.3 Å². The smallest absolute Gasteiger partial charge is 0.276 e. The molecule has 0 atom stereocenters. The van der Waals surface area contributed by atoms with Crippen LogP contribution in [0, 0.1) is 0 Å². The molecule has 38 heavy (non-hydrogen) atoms. The molecule has 2 amide bonds. The number of hydrogen-bond donors (Lipinski definition) is 3. The van der Waals surface area contributed by atoms with Crippen molar-refractivity contribution < 1.29 is 19.1 Å². The minimum atomic E-state index is -0.453. The summed E-state index contributed by atoms with van der Waals surface area (Å²) in [5, 5.41) is 2.47. The van der Waals surface area contributed by atoms with Crippen LogP contribution in [-0.4, -0.2) is 30.1 Å². The lowest BCUT2D eigenvalue weighted by Crippen LogP contribution is -2.49. The molecule has 0 heterocycles. The largest absolute Gasteiger partial charge is 0.493 e. The van der Waals surface area contributed by atoms with E-state index in [2.05, 4.69) is 16.2 Å². The first-order valence-electron chi connectivity index (χ1n) is 12.0. The van der Waals surface area contributed by atoms with Crippen molar-refractivity contribution in [3.05, 3.63) is 120 Å². The van der Waals surface area contributed by atoms with Crippen molar-refractivity contribution in [3.8, 4) is 22.6 Å². The Morgan fingerprint density at radius 1 is 0.658 bits per heavy atom. The van der Waals surface area contributed by atoms with Crippen molar-refractivity contribution in [2.24, 2.45) is 0 Å². The predicted octanol–water partition coefficient (Wildman–Crippen LogP) is 4.69. The van der Waals surface area contributed by atoms with E-state index >= 15 is 0 Å². The maximum Gasteiger partial charge on any atom is 0.276 e. The van der Waals surface area contributed by atoms with Gasteiger partial charge in [0.2, 0.25) is 0 Å². The van der Waals surface area contributed by atoms with Gasteiger partial charge in [0.25, 0.3) is 11.8 Å². The fourth-order valence-corrected chi connectivity index (χ4v) is 3.67. The number of benzene rings is 4. The normalized spacial score (nSPS) is 10.2. The number of nitrogens with one attached hydrogen (secondary N) is 3. The Morgan fingerprint density at radius 3 is 1.92 bits per heavy atom. The lowest BCUT2D eigenvalue weighted by atomic mass is 10.1. The Kier molecular flexibility index (Phi) is 9.42. The van der Waals surface area contributed by atoms with Crippen molar-refractivity contribution in [3.63, 3.8) is 0 Å². The van der Waals surface area contributed by atoms with E-state index in [0.717, 1.165) is 17.5 Å². The Bertz CT molecular complexity index is 1350. The van der Waals surface area contributed by atoms with E-state index in [-0.39, 0.29) is 11.7 Å². The van der Waals surface area contributed by atoms with Gasteiger partial charge in [-0.3, -0.25) is 25.8 Å². The Balaban J connectivity index is 1.14. The van der Waals surface area contributed by atoms with Gasteiger partial charge in [-0.25, -0.2) is 0 Å². The number of hydrogen-bond acceptors (Lipinski definition) is 5. The van der Waals surface area contributed by atoms with E-state index in [9.17, 15) is 9.59 Å². The Labute approximate surface area is 226 Å². The van der Waals surface area contributed by atoms with Crippen LogP contribution in [0.2, 0.25) is 0 Å². The first-order chi connectivity index (χ1) is 18.6. The number of hydrazine groups is 1. The third kappa shape index (κ3) is 8.18. The summed E-state index contributed by atoms with van der Waals surface area (Å²) < 4.78 is 11.3. The molecule has 4 aromatic rings. The highest BCUT2D eigenvalue weighted by Gasteiger charge is 2.10. The number of rotatable bonds is 9. The van der Waals surface area contributed by atoms with Gasteiger partial charge >= 0.3 is 0 Å². The summed E-state index contributed by atoms with van der Waals surface area (Å²) in [6, 6.07) is 34.2. The van der Waals surface area contributed by atoms with Crippen LogP contribution in [0.25, 0.3) is 11.1 Å². The first kappa shape index (κ1) is 26.4. The number of amides is 2. The molecular weight excluding hydrogens is 498 g/mol. The summed E-state index contributed by atoms with van der Waals surface area (Å²) in [6.45, 7) is 0.311. The molecule has 0 saturated heterocycles. The molecule has 0 aliphatic rings. The number of carbonyl (C=O) groups excluding carboxylic acids is 2. The predicted molar refractivity (Wildman–Crippen MR) is 151 cm³/mol.